The normalized spacial score (nSPS) is 11.8. The molecule has 0 spiro atoms. The Labute approximate surface area is 86.8 Å². The second-order valence-electron chi connectivity index (χ2n) is 3.13. The predicted octanol–water partition coefficient (Wildman–Crippen LogP) is 2.51. The molecule has 1 aromatic heterocycles. The Balaban J connectivity index is 3.15. The predicted molar refractivity (Wildman–Crippen MR) is 52.6 cm³/mol. The second kappa shape index (κ2) is 3.80. The van der Waals surface area contributed by atoms with Crippen molar-refractivity contribution in [3.05, 3.63) is 28.0 Å². The first-order chi connectivity index (χ1) is 5.95. The van der Waals surface area contributed by atoms with Gasteiger partial charge in [0.25, 0.3) is 0 Å². The van der Waals surface area contributed by atoms with Gasteiger partial charge in [-0.1, -0.05) is 23.2 Å². The smallest absolute Gasteiger partial charge is 0.131 e. The third kappa shape index (κ3) is 2.54. The van der Waals surface area contributed by atoms with Gasteiger partial charge in [0.1, 0.15) is 15.9 Å². The van der Waals surface area contributed by atoms with Crippen LogP contribution in [-0.2, 0) is 10.4 Å². The maximum Gasteiger partial charge on any atom is 0.131 e. The number of nitrogens with two attached hydrogens (primary N) is 1. The summed E-state index contributed by atoms with van der Waals surface area (Å²) in [6.45, 7) is 3.63. The zero-order valence-electron chi connectivity index (χ0n) is 7.34. The molecule has 0 aliphatic carbocycles. The van der Waals surface area contributed by atoms with Gasteiger partial charge in [0, 0.05) is 0 Å². The summed E-state index contributed by atoms with van der Waals surface area (Å²) < 4.78 is 0. The molecule has 0 atom stereocenters. The van der Waals surface area contributed by atoms with E-state index >= 15 is 0 Å². The van der Waals surface area contributed by atoms with Gasteiger partial charge in [-0.25, -0.2) is 10.9 Å². The van der Waals surface area contributed by atoms with E-state index in [2.05, 4.69) is 4.98 Å². The maximum absolute atomic E-state index is 5.72. The summed E-state index contributed by atoms with van der Waals surface area (Å²) in [4.78, 5) is 8.61. The van der Waals surface area contributed by atoms with E-state index in [1.807, 2.05) is 13.8 Å². The zero-order valence-corrected chi connectivity index (χ0v) is 8.86. The molecule has 13 heavy (non-hydrogen) atoms. The van der Waals surface area contributed by atoms with Gasteiger partial charge >= 0.3 is 0 Å². The number of rotatable bonds is 2. The van der Waals surface area contributed by atoms with Crippen LogP contribution in [0.5, 0.6) is 0 Å². The average molecular weight is 221 g/mol. The minimum Gasteiger partial charge on any atom is -0.294 e. The molecule has 0 unspecified atom stereocenters. The lowest BCUT2D eigenvalue weighted by molar-refractivity contribution is -0.0236. The molecule has 0 aliphatic heterocycles. The Bertz CT molecular complexity index is 295. The Morgan fingerprint density at radius 3 is 2.15 bits per heavy atom. The van der Waals surface area contributed by atoms with Gasteiger partial charge in [0.05, 0.1) is 0 Å². The number of nitrogens with zero attached hydrogens (tertiary/aromatic N) is 1. The van der Waals surface area contributed by atoms with Crippen molar-refractivity contribution < 1.29 is 4.84 Å². The van der Waals surface area contributed by atoms with E-state index in [4.69, 9.17) is 33.9 Å². The van der Waals surface area contributed by atoms with Crippen molar-refractivity contribution in [3.8, 4) is 0 Å². The summed E-state index contributed by atoms with van der Waals surface area (Å²) in [5, 5.41) is 0.653. The minimum absolute atomic E-state index is 0.327. The molecule has 0 aromatic carbocycles. The first-order valence-corrected chi connectivity index (χ1v) is 4.43. The number of hydrogen-bond acceptors (Lipinski definition) is 3. The van der Waals surface area contributed by atoms with Crippen molar-refractivity contribution >= 4 is 23.2 Å². The van der Waals surface area contributed by atoms with Crippen LogP contribution in [-0.4, -0.2) is 4.98 Å². The molecule has 0 aliphatic rings. The molecule has 3 nitrogen and oxygen atoms in total. The molecule has 0 saturated carbocycles. The lowest BCUT2D eigenvalue weighted by Gasteiger charge is -2.22. The molecule has 72 valence electrons. The summed E-state index contributed by atoms with van der Waals surface area (Å²) >= 11 is 11.4. The van der Waals surface area contributed by atoms with Crippen LogP contribution in [0.2, 0.25) is 10.3 Å². The van der Waals surface area contributed by atoms with Crippen molar-refractivity contribution in [2.45, 2.75) is 19.4 Å². The van der Waals surface area contributed by atoms with Gasteiger partial charge in [0.2, 0.25) is 0 Å². The number of aromatic nitrogens is 1. The summed E-state index contributed by atoms with van der Waals surface area (Å²) in [5.41, 5.74) is 0.177. The SMILES string of the molecule is CC(C)(ON)c1cc(Cl)nc(Cl)c1. The first-order valence-electron chi connectivity index (χ1n) is 3.67. The van der Waals surface area contributed by atoms with Crippen molar-refractivity contribution in [1.29, 1.82) is 0 Å². The van der Waals surface area contributed by atoms with Crippen molar-refractivity contribution in [1.82, 2.24) is 4.98 Å². The van der Waals surface area contributed by atoms with E-state index < -0.39 is 5.60 Å². The van der Waals surface area contributed by atoms with E-state index in [0.717, 1.165) is 5.56 Å². The second-order valence-corrected chi connectivity index (χ2v) is 3.90. The highest BCUT2D eigenvalue weighted by molar-refractivity contribution is 6.32. The van der Waals surface area contributed by atoms with Crippen molar-refractivity contribution in [2.24, 2.45) is 5.90 Å². The monoisotopic (exact) mass is 220 g/mol. The maximum atomic E-state index is 5.72. The van der Waals surface area contributed by atoms with Crippen LogP contribution >= 0.6 is 23.2 Å². The van der Waals surface area contributed by atoms with Gasteiger partial charge in [-0.15, -0.1) is 0 Å². The third-order valence-corrected chi connectivity index (χ3v) is 2.14. The molecular formula is C8H10Cl2N2O. The van der Waals surface area contributed by atoms with Gasteiger partial charge in [-0.05, 0) is 31.5 Å². The Morgan fingerprint density at radius 1 is 1.31 bits per heavy atom. The average Bonchev–Trinajstić information content (AvgIpc) is 2.02. The van der Waals surface area contributed by atoms with Crippen LogP contribution in [0.1, 0.15) is 19.4 Å². The van der Waals surface area contributed by atoms with E-state index in [0.29, 0.717) is 10.3 Å². The summed E-state index contributed by atoms with van der Waals surface area (Å²) in [6.07, 6.45) is 0. The molecule has 0 saturated heterocycles. The van der Waals surface area contributed by atoms with Crippen LogP contribution in [0.25, 0.3) is 0 Å². The van der Waals surface area contributed by atoms with Crippen molar-refractivity contribution in [3.63, 3.8) is 0 Å². The Hall–Kier alpha value is -0.350. The molecule has 0 radical (unpaired) electrons. The van der Waals surface area contributed by atoms with E-state index in [1.54, 1.807) is 12.1 Å². The Morgan fingerprint density at radius 2 is 1.77 bits per heavy atom. The van der Waals surface area contributed by atoms with Crippen LogP contribution in [0, 0.1) is 0 Å². The third-order valence-electron chi connectivity index (χ3n) is 1.75. The zero-order chi connectivity index (χ0) is 10.1. The van der Waals surface area contributed by atoms with E-state index in [9.17, 15) is 0 Å². The fourth-order valence-corrected chi connectivity index (χ4v) is 1.34. The molecule has 5 heteroatoms. The highest BCUT2D eigenvalue weighted by Crippen LogP contribution is 2.26. The summed E-state index contributed by atoms with van der Waals surface area (Å²) in [6, 6.07) is 3.33. The minimum atomic E-state index is -0.615. The molecule has 2 N–H and O–H groups in total. The Kier molecular flexibility index (Phi) is 3.14. The quantitative estimate of drug-likeness (QED) is 0.616. The molecule has 1 aromatic rings. The van der Waals surface area contributed by atoms with Gasteiger partial charge in [0.15, 0.2) is 0 Å². The molecule has 0 amide bonds. The van der Waals surface area contributed by atoms with Crippen molar-refractivity contribution in [2.75, 3.05) is 0 Å². The fourth-order valence-electron chi connectivity index (χ4n) is 0.881. The molecule has 1 heterocycles. The summed E-state index contributed by atoms with van der Waals surface area (Å²) in [7, 11) is 0. The van der Waals surface area contributed by atoms with E-state index in [1.165, 1.54) is 0 Å². The largest absolute Gasteiger partial charge is 0.294 e. The van der Waals surface area contributed by atoms with Crippen LogP contribution in [0.15, 0.2) is 12.1 Å². The van der Waals surface area contributed by atoms with Crippen LogP contribution < -0.4 is 5.90 Å². The topological polar surface area (TPSA) is 48.1 Å². The number of hydrogen-bond donors (Lipinski definition) is 1. The number of halogens is 2. The van der Waals surface area contributed by atoms with Gasteiger partial charge < -0.3 is 0 Å². The standard InChI is InChI=1S/C8H10Cl2N2O/c1-8(2,13-11)5-3-6(9)12-7(10)4-5/h3-4H,11H2,1-2H3. The lowest BCUT2D eigenvalue weighted by atomic mass is 10.00. The van der Waals surface area contributed by atoms with E-state index in [-0.39, 0.29) is 0 Å². The first kappa shape index (κ1) is 10.7. The molecular weight excluding hydrogens is 211 g/mol. The van der Waals surface area contributed by atoms with Gasteiger partial charge in [-0.3, -0.25) is 4.84 Å². The highest BCUT2D eigenvalue weighted by atomic mass is 35.5. The van der Waals surface area contributed by atoms with Crippen LogP contribution in [0.3, 0.4) is 0 Å². The summed E-state index contributed by atoms with van der Waals surface area (Å²) in [5.74, 6) is 5.13. The highest BCUT2D eigenvalue weighted by Gasteiger charge is 2.21. The van der Waals surface area contributed by atoms with Crippen LogP contribution in [0.4, 0.5) is 0 Å². The number of pyridine rings is 1. The fraction of sp³-hybridized carbons (Fsp3) is 0.375. The molecule has 0 fully saturated rings. The molecule has 0 bridgehead atoms. The lowest BCUT2D eigenvalue weighted by Crippen LogP contribution is -2.25. The van der Waals surface area contributed by atoms with Gasteiger partial charge in [-0.2, -0.15) is 0 Å². The molecule has 1 rings (SSSR count).